The van der Waals surface area contributed by atoms with Crippen LogP contribution in [0.4, 0.5) is 11.4 Å². The second kappa shape index (κ2) is 8.14. The second-order valence-corrected chi connectivity index (χ2v) is 8.10. The number of aromatic carboxylic acids is 1. The maximum absolute atomic E-state index is 13.9. The molecular formula is C23H23N6O4+. The Morgan fingerprint density at radius 2 is 1.55 bits per heavy atom. The van der Waals surface area contributed by atoms with Crippen LogP contribution in [0.2, 0.25) is 0 Å². The Balaban J connectivity index is 1.82. The van der Waals surface area contributed by atoms with Crippen LogP contribution in [0.15, 0.2) is 62.9 Å². The van der Waals surface area contributed by atoms with E-state index in [0.717, 1.165) is 11.1 Å². The van der Waals surface area contributed by atoms with Crippen molar-refractivity contribution in [2.75, 3.05) is 0 Å². The lowest BCUT2D eigenvalue weighted by Crippen LogP contribution is -2.45. The lowest BCUT2D eigenvalue weighted by atomic mass is 10.1. The fourth-order valence-electron chi connectivity index (χ4n) is 3.82. The van der Waals surface area contributed by atoms with Crippen LogP contribution in [0.5, 0.6) is 0 Å². The summed E-state index contributed by atoms with van der Waals surface area (Å²) in [4.78, 5) is 37.1. The Labute approximate surface area is 189 Å². The molecule has 168 valence electrons. The number of aryl methyl sites for hydroxylation is 2. The molecule has 0 bridgehead atoms. The molecule has 2 aromatic carbocycles. The molecule has 2 heterocycles. The number of carbonyl (C=O) groups is 3. The first kappa shape index (κ1) is 22.2. The summed E-state index contributed by atoms with van der Waals surface area (Å²) in [6.45, 7) is 7.25. The van der Waals surface area contributed by atoms with Gasteiger partial charge in [-0.25, -0.2) is 15.0 Å². The van der Waals surface area contributed by atoms with Crippen molar-refractivity contribution in [3.8, 4) is 0 Å². The highest BCUT2D eigenvalue weighted by Gasteiger charge is 2.54. The molecule has 0 radical (unpaired) electrons. The van der Waals surface area contributed by atoms with Gasteiger partial charge in [0.05, 0.1) is 11.3 Å². The number of rotatable bonds is 5. The van der Waals surface area contributed by atoms with Crippen molar-refractivity contribution in [3.05, 3.63) is 59.2 Å². The third kappa shape index (κ3) is 3.64. The number of azo groups is 1. The summed E-state index contributed by atoms with van der Waals surface area (Å²) in [7, 11) is 0. The summed E-state index contributed by atoms with van der Waals surface area (Å²) in [5.41, 5.74) is 6.44. The minimum atomic E-state index is -1.06. The van der Waals surface area contributed by atoms with Crippen molar-refractivity contribution >= 4 is 40.6 Å². The van der Waals surface area contributed by atoms with E-state index in [2.05, 4.69) is 20.8 Å². The Morgan fingerprint density at radius 3 is 2.12 bits per heavy atom. The van der Waals surface area contributed by atoms with Gasteiger partial charge in [0.15, 0.2) is 17.4 Å². The van der Waals surface area contributed by atoms with Crippen LogP contribution in [0.3, 0.4) is 0 Å². The number of carbonyl (C=O) groups excluding carboxylic acids is 2. The van der Waals surface area contributed by atoms with Crippen LogP contribution in [-0.4, -0.2) is 46.4 Å². The quantitative estimate of drug-likeness (QED) is 0.538. The topological polar surface area (TPSA) is 133 Å². The van der Waals surface area contributed by atoms with Crippen molar-refractivity contribution in [2.24, 2.45) is 20.4 Å². The average molecular weight is 447 g/mol. The van der Waals surface area contributed by atoms with Gasteiger partial charge in [-0.05, 0) is 51.0 Å². The summed E-state index contributed by atoms with van der Waals surface area (Å²) >= 11 is 0. The monoisotopic (exact) mass is 447 g/mol. The van der Waals surface area contributed by atoms with Gasteiger partial charge in [-0.15, -0.1) is 0 Å². The zero-order valence-electron chi connectivity index (χ0n) is 18.6. The molecule has 3 atom stereocenters. The number of nitrogens with one attached hydrogen (secondary N) is 1. The van der Waals surface area contributed by atoms with Crippen molar-refractivity contribution in [1.29, 1.82) is 0 Å². The first-order chi connectivity index (χ1) is 15.6. The van der Waals surface area contributed by atoms with E-state index in [-0.39, 0.29) is 11.5 Å². The molecule has 2 aliphatic rings. The number of carboxylic acids is 1. The third-order valence-electron chi connectivity index (χ3n) is 5.89. The molecule has 0 aliphatic carbocycles. The van der Waals surface area contributed by atoms with Crippen LogP contribution < -0.4 is 10.0 Å². The zero-order chi connectivity index (χ0) is 23.9. The maximum Gasteiger partial charge on any atom is 0.382 e. The average Bonchev–Trinajstić information content (AvgIpc) is 3.24. The second-order valence-electron chi connectivity index (χ2n) is 8.10. The van der Waals surface area contributed by atoms with Crippen LogP contribution in [-0.2, 0) is 9.59 Å². The van der Waals surface area contributed by atoms with Gasteiger partial charge >= 0.3 is 11.9 Å². The lowest BCUT2D eigenvalue weighted by molar-refractivity contribution is -0.126. The van der Waals surface area contributed by atoms with E-state index in [9.17, 15) is 19.5 Å². The zero-order valence-corrected chi connectivity index (χ0v) is 18.6. The molecule has 3 unspecified atom stereocenters. The molecule has 10 heteroatoms. The molecule has 2 N–H and O–H groups in total. The molecule has 2 aromatic rings. The smallest absolute Gasteiger partial charge is 0.382 e. The first-order valence-electron chi connectivity index (χ1n) is 10.3. The number of carboxylic acid groups (broad SMARTS) is 1. The highest BCUT2D eigenvalue weighted by Crippen LogP contribution is 2.41. The van der Waals surface area contributed by atoms with Crippen molar-refractivity contribution in [1.82, 2.24) is 10.0 Å². The summed E-state index contributed by atoms with van der Waals surface area (Å²) in [5, 5.41) is 26.1. The number of hydrazone groups is 1. The SMILES string of the molecule is CC1=NNC(=O)C1N=NC1C(=O)[N+](c2ccc(C(=O)O)cc2)(c2ccc(C)c(C)c2)N=C1C. The van der Waals surface area contributed by atoms with E-state index in [1.807, 2.05) is 32.0 Å². The highest BCUT2D eigenvalue weighted by molar-refractivity contribution is 6.18. The van der Waals surface area contributed by atoms with Gasteiger partial charge in [-0.3, -0.25) is 4.79 Å². The minimum Gasteiger partial charge on any atom is -0.478 e. The number of benzene rings is 2. The normalized spacial score (nSPS) is 24.7. The van der Waals surface area contributed by atoms with Gasteiger partial charge in [0.25, 0.3) is 5.91 Å². The molecular weight excluding hydrogens is 424 g/mol. The standard InChI is InChI=1S/C23H22N6O4/c1-12-5-8-18(11-13(12)2)29(17-9-6-16(7-10-17)23(32)33)22(31)20(15(4)28-29)26-25-19-14(3)24-27-21(19)30/h5-11,19-20H,1-4H3,(H-,27,30,32,33)/p+1. The molecule has 0 fully saturated rings. The van der Waals surface area contributed by atoms with Crippen molar-refractivity contribution in [2.45, 2.75) is 39.8 Å². The molecule has 2 aliphatic heterocycles. The van der Waals surface area contributed by atoms with E-state index in [1.165, 1.54) is 12.1 Å². The minimum absolute atomic E-state index is 0.0996. The van der Waals surface area contributed by atoms with E-state index in [1.54, 1.807) is 26.0 Å². The maximum atomic E-state index is 13.9. The fourth-order valence-corrected chi connectivity index (χ4v) is 3.82. The molecule has 0 spiro atoms. The molecule has 10 nitrogen and oxygen atoms in total. The summed E-state index contributed by atoms with van der Waals surface area (Å²) in [5.74, 6) is -1.85. The van der Waals surface area contributed by atoms with Gasteiger partial charge < -0.3 is 5.11 Å². The van der Waals surface area contributed by atoms with Gasteiger partial charge in [0.1, 0.15) is 5.71 Å². The van der Waals surface area contributed by atoms with Gasteiger partial charge in [-0.1, -0.05) is 15.8 Å². The van der Waals surface area contributed by atoms with E-state index < -0.39 is 28.6 Å². The summed E-state index contributed by atoms with van der Waals surface area (Å²) < 4.78 is -0.513. The molecule has 0 saturated carbocycles. The van der Waals surface area contributed by atoms with E-state index >= 15 is 0 Å². The fraction of sp³-hybridized carbons (Fsp3) is 0.261. The Bertz CT molecular complexity index is 1260. The summed E-state index contributed by atoms with van der Waals surface area (Å²) in [6, 6.07) is 9.76. The Hall–Kier alpha value is -4.05. The predicted molar refractivity (Wildman–Crippen MR) is 123 cm³/mol. The van der Waals surface area contributed by atoms with Crippen molar-refractivity contribution < 1.29 is 19.5 Å². The summed E-state index contributed by atoms with van der Waals surface area (Å²) in [6.07, 6.45) is 0. The van der Waals surface area contributed by atoms with Crippen LogP contribution in [0.1, 0.15) is 35.3 Å². The number of hydrogen-bond donors (Lipinski definition) is 2. The number of quaternary nitrogens is 1. The first-order valence-corrected chi connectivity index (χ1v) is 10.3. The molecule has 33 heavy (non-hydrogen) atoms. The predicted octanol–water partition coefficient (Wildman–Crippen LogP) is 3.25. The molecule has 2 amide bonds. The number of hydrogen-bond acceptors (Lipinski definition) is 7. The van der Waals surface area contributed by atoms with Gasteiger partial charge in [-0.2, -0.15) is 15.3 Å². The van der Waals surface area contributed by atoms with E-state index in [4.69, 9.17) is 5.10 Å². The Kier molecular flexibility index (Phi) is 5.46. The van der Waals surface area contributed by atoms with Crippen LogP contribution in [0, 0.1) is 13.8 Å². The lowest BCUT2D eigenvalue weighted by Gasteiger charge is -2.26. The highest BCUT2D eigenvalue weighted by atomic mass is 16.4. The molecule has 0 aromatic heterocycles. The van der Waals surface area contributed by atoms with E-state index in [0.29, 0.717) is 22.8 Å². The van der Waals surface area contributed by atoms with Crippen LogP contribution in [0.25, 0.3) is 0 Å². The van der Waals surface area contributed by atoms with Crippen LogP contribution >= 0.6 is 0 Å². The molecule has 4 rings (SSSR count). The van der Waals surface area contributed by atoms with Gasteiger partial charge in [0.2, 0.25) is 6.04 Å². The number of nitrogens with zero attached hydrogens (tertiary/aromatic N) is 5. The Morgan fingerprint density at radius 1 is 0.909 bits per heavy atom. The molecule has 0 saturated heterocycles. The van der Waals surface area contributed by atoms with Crippen molar-refractivity contribution in [3.63, 3.8) is 0 Å². The van der Waals surface area contributed by atoms with Gasteiger partial charge in [0, 0.05) is 24.3 Å². The third-order valence-corrected chi connectivity index (χ3v) is 5.89. The number of amides is 2. The largest absolute Gasteiger partial charge is 0.478 e.